The van der Waals surface area contributed by atoms with Gasteiger partial charge in [0.2, 0.25) is 0 Å². The minimum absolute atomic E-state index is 0.561. The summed E-state index contributed by atoms with van der Waals surface area (Å²) in [5, 5.41) is 4.65. The Balaban J connectivity index is 0.00000197. The molecule has 0 saturated heterocycles. The number of nitrogens with zero attached hydrogens (tertiary/aromatic N) is 4. The predicted molar refractivity (Wildman–Crippen MR) is 210 cm³/mol. The zero-order valence-corrected chi connectivity index (χ0v) is 28.1. The van der Waals surface area contributed by atoms with Crippen molar-refractivity contribution in [3.8, 4) is 5.69 Å². The maximum absolute atomic E-state index is 5.21. The zero-order chi connectivity index (χ0) is 33.6. The second kappa shape index (κ2) is 14.2. The van der Waals surface area contributed by atoms with Crippen LogP contribution < -0.4 is 0 Å². The molecule has 4 nitrogen and oxygen atoms in total. The molecule has 0 saturated carbocycles. The van der Waals surface area contributed by atoms with Gasteiger partial charge in [-0.05, 0) is 43.7 Å². The van der Waals surface area contributed by atoms with Crippen LogP contribution in [0.5, 0.6) is 0 Å². The molecule has 0 fully saturated rings. The van der Waals surface area contributed by atoms with E-state index in [0.717, 1.165) is 55.4 Å². The van der Waals surface area contributed by atoms with E-state index < -0.39 is 0 Å². The molecule has 4 heteroatoms. The molecule has 2 heterocycles. The Morgan fingerprint density at radius 1 is 0.646 bits per heavy atom. The van der Waals surface area contributed by atoms with Gasteiger partial charge in [-0.1, -0.05) is 148 Å². The predicted octanol–water partition coefficient (Wildman–Crippen LogP) is 11.9. The van der Waals surface area contributed by atoms with Crippen LogP contribution in [-0.4, -0.2) is 20.7 Å². The Labute approximate surface area is 282 Å². The molecule has 236 valence electrons. The van der Waals surface area contributed by atoms with Gasteiger partial charge < -0.3 is 4.57 Å². The second-order valence-electron chi connectivity index (χ2n) is 11.2. The van der Waals surface area contributed by atoms with Gasteiger partial charge in [0.05, 0.1) is 22.1 Å². The first kappa shape index (κ1) is 32.0. The number of rotatable bonds is 7. The van der Waals surface area contributed by atoms with Gasteiger partial charge >= 0.3 is 0 Å². The van der Waals surface area contributed by atoms with Crippen molar-refractivity contribution in [3.63, 3.8) is 0 Å². The van der Waals surface area contributed by atoms with E-state index in [1.165, 1.54) is 10.8 Å². The van der Waals surface area contributed by atoms with Crippen LogP contribution in [0.4, 0.5) is 0 Å². The van der Waals surface area contributed by atoms with Crippen molar-refractivity contribution < 1.29 is 0 Å². The lowest BCUT2D eigenvalue weighted by Crippen LogP contribution is -2.06. The number of allylic oxidation sites excluding steroid dienone is 3. The molecule has 48 heavy (non-hydrogen) atoms. The molecular weight excluding hydrogens is 585 g/mol. The molecule has 0 aliphatic carbocycles. The van der Waals surface area contributed by atoms with Crippen LogP contribution in [0.3, 0.4) is 0 Å². The molecule has 0 radical (unpaired) electrons. The molecule has 0 amide bonds. The zero-order valence-electron chi connectivity index (χ0n) is 28.1. The number of aromatic nitrogens is 2. The third-order valence-electron chi connectivity index (χ3n) is 8.34. The molecule has 0 bridgehead atoms. The number of hydrogen-bond donors (Lipinski definition) is 0. The molecule has 7 rings (SSSR count). The molecule has 7 aromatic rings. The Morgan fingerprint density at radius 3 is 1.85 bits per heavy atom. The molecule has 0 aliphatic rings. The number of hydrogen-bond acceptors (Lipinski definition) is 1. The molecule has 0 unspecified atom stereocenters. The van der Waals surface area contributed by atoms with Crippen molar-refractivity contribution in [2.45, 2.75) is 27.7 Å². The van der Waals surface area contributed by atoms with Gasteiger partial charge in [0.25, 0.3) is 0 Å². The van der Waals surface area contributed by atoms with Crippen LogP contribution >= 0.6 is 0 Å². The molecule has 0 aliphatic heterocycles. The topological polar surface area (TPSA) is 34.6 Å². The third kappa shape index (κ3) is 5.73. The Hall–Kier alpha value is -6.00. The number of amidine groups is 1. The summed E-state index contributed by atoms with van der Waals surface area (Å²) in [6.07, 6.45) is 7.70. The molecule has 0 spiro atoms. The first-order valence-electron chi connectivity index (χ1n) is 16.5. The van der Waals surface area contributed by atoms with Crippen molar-refractivity contribution in [1.29, 1.82) is 0 Å². The lowest BCUT2D eigenvalue weighted by molar-refractivity contribution is 1.15. The summed E-state index contributed by atoms with van der Waals surface area (Å²) < 4.78 is 4.56. The van der Waals surface area contributed by atoms with E-state index in [1.807, 2.05) is 64.1 Å². The Morgan fingerprint density at radius 2 is 1.21 bits per heavy atom. The summed E-state index contributed by atoms with van der Waals surface area (Å²) in [5.74, 6) is 1.13. The summed E-state index contributed by atoms with van der Waals surface area (Å²) in [6.45, 7) is 16.6. The van der Waals surface area contributed by atoms with E-state index in [4.69, 9.17) is 9.98 Å². The average Bonchev–Trinajstić information content (AvgIpc) is 3.66. The van der Waals surface area contributed by atoms with Crippen molar-refractivity contribution >= 4 is 61.0 Å². The van der Waals surface area contributed by atoms with Crippen molar-refractivity contribution in [1.82, 2.24) is 9.13 Å². The van der Waals surface area contributed by atoms with E-state index in [1.54, 1.807) is 6.08 Å². The standard InChI is InChI=1S/C42H34N4.C2H6/c1-5-17-32(18-6-2)42(43-29(3)31-19-9-7-10-20-31)44-30(4)45-38-25-15-13-23-34(38)36-27-28-37-35-24-14-16-26-39(35)46(41(37)40(36)45)33-21-11-8-12-22-33;1-2/h5-28H,1,4H2,2-3H3;1-2H3/b18-6-,32-17+,43-29?,44-42-;. The van der Waals surface area contributed by atoms with Gasteiger partial charge in [-0.3, -0.25) is 4.57 Å². The fourth-order valence-electron chi connectivity index (χ4n) is 6.35. The number of para-hydroxylation sites is 3. The minimum atomic E-state index is 0.561. The highest BCUT2D eigenvalue weighted by molar-refractivity contribution is 6.24. The SMILES string of the molecule is C=C/C=C(\C=C/C)C(/N=C(C)c1ccccc1)=N/C(=C)n1c2ccccc2c2ccc3c4ccccc4n(-c4ccccc4)c3c21.CC. The smallest absolute Gasteiger partial charge is 0.161 e. The normalized spacial score (nSPS) is 12.6. The highest BCUT2D eigenvalue weighted by Gasteiger charge is 2.21. The van der Waals surface area contributed by atoms with Crippen LogP contribution in [0.1, 0.15) is 33.3 Å². The molecule has 0 N–H and O–H groups in total. The Bertz CT molecular complexity index is 2390. The highest BCUT2D eigenvalue weighted by Crippen LogP contribution is 2.41. The van der Waals surface area contributed by atoms with Crippen LogP contribution in [0.25, 0.3) is 55.1 Å². The van der Waals surface area contributed by atoms with E-state index in [2.05, 4.69) is 125 Å². The van der Waals surface area contributed by atoms with Crippen LogP contribution in [0, 0.1) is 0 Å². The van der Waals surface area contributed by atoms with E-state index in [0.29, 0.717) is 11.7 Å². The van der Waals surface area contributed by atoms with Crippen molar-refractivity contribution in [2.75, 3.05) is 0 Å². The lowest BCUT2D eigenvalue weighted by atomic mass is 10.1. The van der Waals surface area contributed by atoms with E-state index in [-0.39, 0.29) is 0 Å². The fourth-order valence-corrected chi connectivity index (χ4v) is 6.35. The quantitative estimate of drug-likeness (QED) is 0.0961. The van der Waals surface area contributed by atoms with Crippen molar-refractivity contribution in [2.24, 2.45) is 9.98 Å². The maximum atomic E-state index is 5.21. The number of aliphatic imine (C=N–C) groups is 2. The molecule has 0 atom stereocenters. The first-order valence-corrected chi connectivity index (χ1v) is 16.5. The summed E-state index contributed by atoms with van der Waals surface area (Å²) >= 11 is 0. The van der Waals surface area contributed by atoms with Gasteiger partial charge in [-0.15, -0.1) is 0 Å². The van der Waals surface area contributed by atoms with Gasteiger partial charge in [-0.25, -0.2) is 9.98 Å². The van der Waals surface area contributed by atoms with Crippen LogP contribution in [-0.2, 0) is 0 Å². The maximum Gasteiger partial charge on any atom is 0.161 e. The number of benzene rings is 5. The van der Waals surface area contributed by atoms with Gasteiger partial charge in [-0.2, -0.15) is 0 Å². The molecule has 2 aromatic heterocycles. The summed E-state index contributed by atoms with van der Waals surface area (Å²) in [5.41, 5.74) is 8.18. The summed E-state index contributed by atoms with van der Waals surface area (Å²) in [6, 6.07) is 42.3. The summed E-state index contributed by atoms with van der Waals surface area (Å²) in [4.78, 5) is 10.3. The van der Waals surface area contributed by atoms with Crippen LogP contribution in [0.15, 0.2) is 174 Å². The fraction of sp³-hybridized carbons (Fsp3) is 0.0909. The molecular formula is C44H40N4. The first-order chi connectivity index (χ1) is 23.6. The van der Waals surface area contributed by atoms with Gasteiger partial charge in [0.15, 0.2) is 5.84 Å². The van der Waals surface area contributed by atoms with Crippen LogP contribution in [0.2, 0.25) is 0 Å². The largest absolute Gasteiger partial charge is 0.307 e. The van der Waals surface area contributed by atoms with Crippen molar-refractivity contribution in [3.05, 3.63) is 170 Å². The summed E-state index contributed by atoms with van der Waals surface area (Å²) in [7, 11) is 0. The third-order valence-corrected chi connectivity index (χ3v) is 8.34. The van der Waals surface area contributed by atoms with E-state index in [9.17, 15) is 0 Å². The van der Waals surface area contributed by atoms with Gasteiger partial charge in [0.1, 0.15) is 5.82 Å². The molecule has 5 aromatic carbocycles. The monoisotopic (exact) mass is 624 g/mol. The second-order valence-corrected chi connectivity index (χ2v) is 11.2. The lowest BCUT2D eigenvalue weighted by Gasteiger charge is -2.13. The minimum Gasteiger partial charge on any atom is -0.307 e. The number of fused-ring (bicyclic) bond motifs is 7. The average molecular weight is 625 g/mol. The highest BCUT2D eigenvalue weighted by atomic mass is 15.1. The Kier molecular flexibility index (Phi) is 9.45. The van der Waals surface area contributed by atoms with E-state index >= 15 is 0 Å². The van der Waals surface area contributed by atoms with Gasteiger partial charge in [0, 0.05) is 38.5 Å².